The van der Waals surface area contributed by atoms with Crippen molar-refractivity contribution in [3.63, 3.8) is 0 Å². The fraction of sp³-hybridized carbons (Fsp3) is 0.684. The maximum absolute atomic E-state index is 11.9. The van der Waals surface area contributed by atoms with Crippen molar-refractivity contribution in [2.75, 3.05) is 29.9 Å². The van der Waals surface area contributed by atoms with Gasteiger partial charge in [0, 0.05) is 10.9 Å². The number of likely N-dealkylation sites (tertiary alicyclic amines) is 1. The van der Waals surface area contributed by atoms with Gasteiger partial charge in [0.2, 0.25) is 0 Å². The van der Waals surface area contributed by atoms with Crippen LogP contribution in [0.2, 0.25) is 0 Å². The third-order valence-electron chi connectivity index (χ3n) is 6.00. The number of sulfone groups is 1. The first-order chi connectivity index (χ1) is 13.1. The molecule has 0 amide bonds. The summed E-state index contributed by atoms with van der Waals surface area (Å²) in [4.78, 5) is 14.8. The van der Waals surface area contributed by atoms with Crippen molar-refractivity contribution in [3.8, 4) is 0 Å². The quantitative estimate of drug-likeness (QED) is 0.842. The fourth-order valence-electron chi connectivity index (χ4n) is 4.63. The van der Waals surface area contributed by atoms with Crippen molar-refractivity contribution in [3.05, 3.63) is 16.3 Å². The van der Waals surface area contributed by atoms with Gasteiger partial charge < -0.3 is 5.32 Å². The Balaban J connectivity index is 1.49. The lowest BCUT2D eigenvalue weighted by atomic mass is 10.1. The number of hydrogen-bond donors (Lipinski definition) is 1. The van der Waals surface area contributed by atoms with Gasteiger partial charge in [0.1, 0.15) is 16.5 Å². The van der Waals surface area contributed by atoms with Gasteiger partial charge in [-0.05, 0) is 57.2 Å². The van der Waals surface area contributed by atoms with Gasteiger partial charge in [-0.25, -0.2) is 18.4 Å². The van der Waals surface area contributed by atoms with E-state index in [-0.39, 0.29) is 17.5 Å². The average molecular weight is 407 g/mol. The number of piperidine rings is 1. The summed E-state index contributed by atoms with van der Waals surface area (Å²) in [6, 6.07) is -0.0344. The van der Waals surface area contributed by atoms with E-state index >= 15 is 0 Å². The molecule has 2 aromatic heterocycles. The topological polar surface area (TPSA) is 75.2 Å². The Bertz CT molecular complexity index is 964. The number of nitrogens with one attached hydrogen (secondary N) is 1. The zero-order valence-corrected chi connectivity index (χ0v) is 17.2. The molecule has 146 valence electrons. The fourth-order valence-corrected chi connectivity index (χ4v) is 7.59. The third-order valence-corrected chi connectivity index (χ3v) is 8.95. The molecule has 1 unspecified atom stereocenters. The van der Waals surface area contributed by atoms with Crippen LogP contribution < -0.4 is 5.32 Å². The largest absolute Gasteiger partial charge is 0.366 e. The highest BCUT2D eigenvalue weighted by Gasteiger charge is 2.30. The van der Waals surface area contributed by atoms with Gasteiger partial charge in [-0.2, -0.15) is 0 Å². The first-order valence-corrected chi connectivity index (χ1v) is 12.7. The molecule has 2 saturated heterocycles. The molecular formula is C19H26N4O2S2. The molecule has 0 saturated carbocycles. The first-order valence-electron chi connectivity index (χ1n) is 10.1. The van der Waals surface area contributed by atoms with E-state index < -0.39 is 9.84 Å². The molecule has 0 spiro atoms. The Kier molecular flexibility index (Phi) is 4.60. The van der Waals surface area contributed by atoms with Crippen molar-refractivity contribution >= 4 is 37.2 Å². The molecule has 27 heavy (non-hydrogen) atoms. The molecule has 0 radical (unpaired) electrons. The van der Waals surface area contributed by atoms with Crippen molar-refractivity contribution < 1.29 is 8.42 Å². The third kappa shape index (κ3) is 3.59. The van der Waals surface area contributed by atoms with Gasteiger partial charge in [-0.3, -0.25) is 4.90 Å². The minimum atomic E-state index is -2.91. The zero-order valence-electron chi connectivity index (χ0n) is 15.5. The Hall–Kier alpha value is -1.25. The smallest absolute Gasteiger partial charge is 0.152 e. The highest BCUT2D eigenvalue weighted by Crippen LogP contribution is 2.40. The van der Waals surface area contributed by atoms with Crippen LogP contribution in [0.1, 0.15) is 48.4 Å². The molecule has 1 atom stereocenters. The Morgan fingerprint density at radius 2 is 1.96 bits per heavy atom. The number of rotatable bonds is 4. The maximum atomic E-state index is 11.9. The molecule has 4 heterocycles. The summed E-state index contributed by atoms with van der Waals surface area (Å²) < 4.78 is 23.8. The van der Waals surface area contributed by atoms with Crippen LogP contribution in [0.4, 0.5) is 5.82 Å². The van der Waals surface area contributed by atoms with Crippen LogP contribution in [0, 0.1) is 0 Å². The van der Waals surface area contributed by atoms with E-state index in [1.54, 1.807) is 11.3 Å². The molecule has 5 rings (SSSR count). The SMILES string of the molecule is O=S1(=O)CCC(Nc2nc(CN3CCCCC3)nc3sc4c(c23)CCC4)C1. The van der Waals surface area contributed by atoms with Crippen LogP contribution in [-0.2, 0) is 29.2 Å². The van der Waals surface area contributed by atoms with E-state index in [9.17, 15) is 8.42 Å². The molecule has 6 nitrogen and oxygen atoms in total. The monoisotopic (exact) mass is 406 g/mol. The number of nitrogens with zero attached hydrogens (tertiary/aromatic N) is 3. The highest BCUT2D eigenvalue weighted by atomic mass is 32.2. The van der Waals surface area contributed by atoms with Gasteiger partial charge in [-0.1, -0.05) is 6.42 Å². The minimum Gasteiger partial charge on any atom is -0.366 e. The van der Waals surface area contributed by atoms with E-state index in [0.29, 0.717) is 6.42 Å². The van der Waals surface area contributed by atoms with Crippen molar-refractivity contribution in [1.82, 2.24) is 14.9 Å². The molecule has 2 aliphatic heterocycles. The first kappa shape index (κ1) is 17.8. The summed E-state index contributed by atoms with van der Waals surface area (Å²) >= 11 is 1.81. The Labute approximate surface area is 164 Å². The van der Waals surface area contributed by atoms with Gasteiger partial charge in [0.25, 0.3) is 0 Å². The average Bonchev–Trinajstić information content (AvgIpc) is 3.30. The Morgan fingerprint density at radius 1 is 1.11 bits per heavy atom. The highest BCUT2D eigenvalue weighted by molar-refractivity contribution is 7.91. The van der Waals surface area contributed by atoms with E-state index in [1.165, 1.54) is 36.1 Å². The van der Waals surface area contributed by atoms with Crippen LogP contribution >= 0.6 is 11.3 Å². The second kappa shape index (κ2) is 6.97. The van der Waals surface area contributed by atoms with E-state index in [1.807, 2.05) is 0 Å². The van der Waals surface area contributed by atoms with Crippen molar-refractivity contribution in [1.29, 1.82) is 0 Å². The predicted molar refractivity (Wildman–Crippen MR) is 109 cm³/mol. The van der Waals surface area contributed by atoms with Gasteiger partial charge in [0.15, 0.2) is 9.84 Å². The molecule has 2 aromatic rings. The van der Waals surface area contributed by atoms with Crippen LogP contribution in [-0.4, -0.2) is 53.9 Å². The van der Waals surface area contributed by atoms with E-state index in [2.05, 4.69) is 10.2 Å². The number of thiophene rings is 1. The predicted octanol–water partition coefficient (Wildman–Crippen LogP) is 2.76. The van der Waals surface area contributed by atoms with Gasteiger partial charge in [-0.15, -0.1) is 11.3 Å². The molecule has 3 aliphatic rings. The van der Waals surface area contributed by atoms with Crippen LogP contribution in [0.5, 0.6) is 0 Å². The molecule has 2 fully saturated rings. The van der Waals surface area contributed by atoms with Gasteiger partial charge in [0.05, 0.1) is 23.4 Å². The molecule has 1 N–H and O–H groups in total. The standard InChI is InChI=1S/C19H26N4O2S2/c24-27(25)10-7-13(12-27)20-18-17-14-5-4-6-15(14)26-19(17)22-16(21-18)11-23-8-2-1-3-9-23/h13H,1-12H2,(H,20,21,22). The lowest BCUT2D eigenvalue weighted by Gasteiger charge is -2.25. The van der Waals surface area contributed by atoms with E-state index in [4.69, 9.17) is 9.97 Å². The number of hydrogen-bond acceptors (Lipinski definition) is 7. The lowest BCUT2D eigenvalue weighted by molar-refractivity contribution is 0.216. The number of fused-ring (bicyclic) bond motifs is 3. The number of aromatic nitrogens is 2. The minimum absolute atomic E-state index is 0.0344. The zero-order chi connectivity index (χ0) is 18.4. The second-order valence-electron chi connectivity index (χ2n) is 8.11. The van der Waals surface area contributed by atoms with Crippen LogP contribution in [0.25, 0.3) is 10.2 Å². The maximum Gasteiger partial charge on any atom is 0.152 e. The summed E-state index contributed by atoms with van der Waals surface area (Å²) in [5, 5.41) is 4.64. The molecule has 8 heteroatoms. The van der Waals surface area contributed by atoms with Crippen molar-refractivity contribution in [2.24, 2.45) is 0 Å². The van der Waals surface area contributed by atoms with Crippen molar-refractivity contribution in [2.45, 2.75) is 57.5 Å². The normalized spacial score (nSPS) is 25.1. The summed E-state index contributed by atoms with van der Waals surface area (Å²) in [5.41, 5.74) is 1.39. The summed E-state index contributed by atoms with van der Waals surface area (Å²) in [7, 11) is -2.91. The number of anilines is 1. The van der Waals surface area contributed by atoms with Gasteiger partial charge >= 0.3 is 0 Å². The second-order valence-corrected chi connectivity index (χ2v) is 11.4. The molecular weight excluding hydrogens is 380 g/mol. The summed E-state index contributed by atoms with van der Waals surface area (Å²) in [6.07, 6.45) is 7.90. The molecule has 0 aromatic carbocycles. The van der Waals surface area contributed by atoms with Crippen LogP contribution in [0.3, 0.4) is 0 Å². The van der Waals surface area contributed by atoms with E-state index in [0.717, 1.165) is 54.3 Å². The summed E-state index contributed by atoms with van der Waals surface area (Å²) in [6.45, 7) is 3.02. The van der Waals surface area contributed by atoms with Crippen LogP contribution in [0.15, 0.2) is 0 Å². The summed E-state index contributed by atoms with van der Waals surface area (Å²) in [5.74, 6) is 2.23. The molecule has 1 aliphatic carbocycles. The lowest BCUT2D eigenvalue weighted by Crippen LogP contribution is -2.30. The number of aryl methyl sites for hydroxylation is 2. The molecule has 0 bridgehead atoms. The Morgan fingerprint density at radius 3 is 2.74 bits per heavy atom.